The smallest absolute Gasteiger partial charge is 0.340 e. The third-order valence-corrected chi connectivity index (χ3v) is 3.03. The predicted molar refractivity (Wildman–Crippen MR) is 77.7 cm³/mol. The minimum Gasteiger partial charge on any atom is -0.497 e. The van der Waals surface area contributed by atoms with Gasteiger partial charge in [0.15, 0.2) is 0 Å². The molecule has 0 aliphatic rings. The van der Waals surface area contributed by atoms with Gasteiger partial charge in [-0.05, 0) is 24.6 Å². The summed E-state index contributed by atoms with van der Waals surface area (Å²) in [5, 5.41) is 0. The lowest BCUT2D eigenvalue weighted by Gasteiger charge is -2.14. The molecule has 1 unspecified atom stereocenters. The first kappa shape index (κ1) is 13.9. The minimum absolute atomic E-state index is 0.329. The zero-order chi connectivity index (χ0) is 14.5. The van der Waals surface area contributed by atoms with Gasteiger partial charge in [0.1, 0.15) is 11.9 Å². The summed E-state index contributed by atoms with van der Waals surface area (Å²) in [4.78, 5) is 12.1. The van der Waals surface area contributed by atoms with E-state index < -0.39 is 5.97 Å². The van der Waals surface area contributed by atoms with E-state index >= 15 is 0 Å². The Morgan fingerprint density at radius 3 is 2.45 bits per heavy atom. The van der Waals surface area contributed by atoms with Crippen LogP contribution in [0.15, 0.2) is 48.5 Å². The second kappa shape index (κ2) is 6.10. The normalized spacial score (nSPS) is 11.7. The van der Waals surface area contributed by atoms with Crippen molar-refractivity contribution in [1.82, 2.24) is 0 Å². The maximum atomic E-state index is 12.1. The number of ether oxygens (including phenoxy) is 2. The molecule has 0 fully saturated rings. The van der Waals surface area contributed by atoms with Crippen molar-refractivity contribution >= 4 is 11.7 Å². The molecule has 2 aromatic carbocycles. The largest absolute Gasteiger partial charge is 0.497 e. The van der Waals surface area contributed by atoms with Crippen molar-refractivity contribution < 1.29 is 14.3 Å². The molecular formula is C16H17NO3. The van der Waals surface area contributed by atoms with Crippen LogP contribution in [0.1, 0.15) is 28.9 Å². The first-order chi connectivity index (χ1) is 9.61. The Bertz CT molecular complexity index is 596. The van der Waals surface area contributed by atoms with Gasteiger partial charge in [0.25, 0.3) is 0 Å². The van der Waals surface area contributed by atoms with E-state index in [0.717, 1.165) is 5.56 Å². The number of nitrogen functional groups attached to an aromatic ring is 1. The van der Waals surface area contributed by atoms with Crippen molar-refractivity contribution in [2.75, 3.05) is 12.8 Å². The first-order valence-corrected chi connectivity index (χ1v) is 6.31. The minimum atomic E-state index is -0.443. The molecule has 2 rings (SSSR count). The molecule has 0 aliphatic carbocycles. The monoisotopic (exact) mass is 271 g/mol. The predicted octanol–water partition coefficient (Wildman–Crippen LogP) is 3.20. The topological polar surface area (TPSA) is 61.5 Å². The molecule has 0 aliphatic heterocycles. The molecule has 0 amide bonds. The van der Waals surface area contributed by atoms with E-state index in [4.69, 9.17) is 15.2 Å². The highest BCUT2D eigenvalue weighted by atomic mass is 16.5. The third-order valence-electron chi connectivity index (χ3n) is 3.03. The highest BCUT2D eigenvalue weighted by Crippen LogP contribution is 2.23. The summed E-state index contributed by atoms with van der Waals surface area (Å²) in [6.45, 7) is 1.83. The lowest BCUT2D eigenvalue weighted by molar-refractivity contribution is 0.0339. The third kappa shape index (κ3) is 3.09. The Hall–Kier alpha value is -2.49. The van der Waals surface area contributed by atoms with Crippen molar-refractivity contribution in [3.05, 3.63) is 59.7 Å². The fourth-order valence-corrected chi connectivity index (χ4v) is 1.87. The summed E-state index contributed by atoms with van der Waals surface area (Å²) < 4.78 is 10.5. The summed E-state index contributed by atoms with van der Waals surface area (Å²) in [5.74, 6) is 0.164. The molecule has 1 atom stereocenters. The number of anilines is 1. The molecule has 0 spiro atoms. The molecule has 0 radical (unpaired) electrons. The van der Waals surface area contributed by atoms with E-state index in [9.17, 15) is 4.79 Å². The Balaban J connectivity index is 2.12. The molecule has 0 bridgehead atoms. The van der Waals surface area contributed by atoms with Crippen molar-refractivity contribution in [2.45, 2.75) is 13.0 Å². The Morgan fingerprint density at radius 1 is 1.15 bits per heavy atom. The van der Waals surface area contributed by atoms with Crippen LogP contribution in [0.3, 0.4) is 0 Å². The number of benzene rings is 2. The van der Waals surface area contributed by atoms with Gasteiger partial charge in [-0.1, -0.05) is 30.3 Å². The highest BCUT2D eigenvalue weighted by molar-refractivity contribution is 5.95. The molecule has 20 heavy (non-hydrogen) atoms. The average Bonchev–Trinajstić information content (AvgIpc) is 2.47. The second-order valence-corrected chi connectivity index (χ2v) is 4.41. The maximum Gasteiger partial charge on any atom is 0.340 e. The fourth-order valence-electron chi connectivity index (χ4n) is 1.87. The Morgan fingerprint density at radius 2 is 1.85 bits per heavy atom. The summed E-state index contributed by atoms with van der Waals surface area (Å²) in [6.07, 6.45) is -0.329. The van der Waals surface area contributed by atoms with E-state index in [-0.39, 0.29) is 6.10 Å². The number of esters is 1. The Kier molecular flexibility index (Phi) is 4.25. The lowest BCUT2D eigenvalue weighted by Crippen LogP contribution is -2.11. The van der Waals surface area contributed by atoms with Gasteiger partial charge in [-0.25, -0.2) is 4.79 Å². The number of hydrogen-bond donors (Lipinski definition) is 1. The van der Waals surface area contributed by atoms with Crippen molar-refractivity contribution in [2.24, 2.45) is 0 Å². The van der Waals surface area contributed by atoms with E-state index in [2.05, 4.69) is 0 Å². The van der Waals surface area contributed by atoms with Gasteiger partial charge in [0.2, 0.25) is 0 Å². The molecule has 0 aromatic heterocycles. The SMILES string of the molecule is COc1ccc(C(=O)OC(C)c2ccccc2)c(N)c1. The molecular weight excluding hydrogens is 254 g/mol. The number of carbonyl (C=O) groups is 1. The van der Waals surface area contributed by atoms with Crippen LogP contribution in [-0.2, 0) is 4.74 Å². The van der Waals surface area contributed by atoms with Gasteiger partial charge >= 0.3 is 5.97 Å². The van der Waals surface area contributed by atoms with Crippen molar-refractivity contribution in [3.63, 3.8) is 0 Å². The molecule has 2 N–H and O–H groups in total. The van der Waals surface area contributed by atoms with Gasteiger partial charge in [0, 0.05) is 11.8 Å². The van der Waals surface area contributed by atoms with Gasteiger partial charge in [0.05, 0.1) is 12.7 Å². The van der Waals surface area contributed by atoms with Crippen molar-refractivity contribution in [1.29, 1.82) is 0 Å². The van der Waals surface area contributed by atoms with Crippen LogP contribution in [0, 0.1) is 0 Å². The van der Waals surface area contributed by atoms with Crippen LogP contribution in [0.5, 0.6) is 5.75 Å². The van der Waals surface area contributed by atoms with E-state index in [1.165, 1.54) is 0 Å². The van der Waals surface area contributed by atoms with E-state index in [0.29, 0.717) is 17.0 Å². The molecule has 2 aromatic rings. The summed E-state index contributed by atoms with van der Waals surface area (Å²) in [6, 6.07) is 14.4. The maximum absolute atomic E-state index is 12.1. The fraction of sp³-hybridized carbons (Fsp3) is 0.188. The molecule has 0 heterocycles. The zero-order valence-electron chi connectivity index (χ0n) is 11.5. The zero-order valence-corrected chi connectivity index (χ0v) is 11.5. The quantitative estimate of drug-likeness (QED) is 0.685. The lowest BCUT2D eigenvalue weighted by atomic mass is 10.1. The highest BCUT2D eigenvalue weighted by Gasteiger charge is 2.16. The first-order valence-electron chi connectivity index (χ1n) is 6.31. The molecule has 0 saturated carbocycles. The van der Waals surface area contributed by atoms with Gasteiger partial charge in [-0.2, -0.15) is 0 Å². The van der Waals surface area contributed by atoms with Crippen molar-refractivity contribution in [3.8, 4) is 5.75 Å². The summed E-state index contributed by atoms with van der Waals surface area (Å²) in [7, 11) is 1.55. The van der Waals surface area contributed by atoms with Crippen LogP contribution >= 0.6 is 0 Å². The van der Waals surface area contributed by atoms with Crippen LogP contribution in [0.25, 0.3) is 0 Å². The standard InChI is InChI=1S/C16H17NO3/c1-11(12-6-4-3-5-7-12)20-16(18)14-9-8-13(19-2)10-15(14)17/h3-11H,17H2,1-2H3. The summed E-state index contributed by atoms with van der Waals surface area (Å²) in [5.41, 5.74) is 7.45. The van der Waals surface area contributed by atoms with Gasteiger partial charge in [-0.3, -0.25) is 0 Å². The second-order valence-electron chi connectivity index (χ2n) is 4.41. The average molecular weight is 271 g/mol. The number of carbonyl (C=O) groups excluding carboxylic acids is 1. The molecule has 4 heteroatoms. The number of methoxy groups -OCH3 is 1. The van der Waals surface area contributed by atoms with Gasteiger partial charge < -0.3 is 15.2 Å². The number of hydrogen-bond acceptors (Lipinski definition) is 4. The molecule has 4 nitrogen and oxygen atoms in total. The molecule has 0 saturated heterocycles. The van der Waals surface area contributed by atoms with Crippen LogP contribution in [-0.4, -0.2) is 13.1 Å². The van der Waals surface area contributed by atoms with Crippen LogP contribution < -0.4 is 10.5 Å². The van der Waals surface area contributed by atoms with E-state index in [1.54, 1.807) is 25.3 Å². The van der Waals surface area contributed by atoms with Gasteiger partial charge in [-0.15, -0.1) is 0 Å². The number of rotatable bonds is 4. The summed E-state index contributed by atoms with van der Waals surface area (Å²) >= 11 is 0. The van der Waals surface area contributed by atoms with E-state index in [1.807, 2.05) is 37.3 Å². The Labute approximate surface area is 118 Å². The number of nitrogens with two attached hydrogens (primary N) is 1. The van der Waals surface area contributed by atoms with Crippen LogP contribution in [0.2, 0.25) is 0 Å². The van der Waals surface area contributed by atoms with Crippen LogP contribution in [0.4, 0.5) is 5.69 Å². The molecule has 104 valence electrons.